The SMILES string of the molecule is C=C(C)c1cc(C)ccc1CCc1ccc2[nH]ncc2c1. The third-order valence-electron chi connectivity index (χ3n) is 3.91. The minimum absolute atomic E-state index is 1.03. The van der Waals surface area contributed by atoms with Crippen molar-refractivity contribution < 1.29 is 0 Å². The van der Waals surface area contributed by atoms with Gasteiger partial charge < -0.3 is 0 Å². The molecule has 0 saturated carbocycles. The van der Waals surface area contributed by atoms with Gasteiger partial charge in [-0.15, -0.1) is 0 Å². The first-order valence-electron chi connectivity index (χ1n) is 7.31. The molecule has 2 nitrogen and oxygen atoms in total. The van der Waals surface area contributed by atoms with E-state index in [-0.39, 0.29) is 0 Å². The molecule has 0 aliphatic rings. The van der Waals surface area contributed by atoms with E-state index in [4.69, 9.17) is 0 Å². The maximum Gasteiger partial charge on any atom is 0.0650 e. The van der Waals surface area contributed by atoms with Gasteiger partial charge in [0.2, 0.25) is 0 Å². The third-order valence-corrected chi connectivity index (χ3v) is 3.91. The second-order valence-electron chi connectivity index (χ2n) is 5.73. The number of H-pyrrole nitrogens is 1. The van der Waals surface area contributed by atoms with Crippen LogP contribution in [0.5, 0.6) is 0 Å². The summed E-state index contributed by atoms with van der Waals surface area (Å²) in [6.07, 6.45) is 3.94. The van der Waals surface area contributed by atoms with Crippen molar-refractivity contribution in [3.05, 3.63) is 71.4 Å². The second-order valence-corrected chi connectivity index (χ2v) is 5.73. The average Bonchev–Trinajstić information content (AvgIpc) is 2.93. The van der Waals surface area contributed by atoms with E-state index in [0.29, 0.717) is 0 Å². The average molecular weight is 276 g/mol. The number of aromatic amines is 1. The molecular weight excluding hydrogens is 256 g/mol. The molecule has 0 saturated heterocycles. The van der Waals surface area contributed by atoms with Gasteiger partial charge >= 0.3 is 0 Å². The molecule has 2 aromatic carbocycles. The van der Waals surface area contributed by atoms with Crippen molar-refractivity contribution in [3.63, 3.8) is 0 Å². The number of aryl methyl sites for hydroxylation is 3. The highest BCUT2D eigenvalue weighted by Gasteiger charge is 2.05. The Bertz CT molecular complexity index is 796. The van der Waals surface area contributed by atoms with Crippen molar-refractivity contribution in [2.24, 2.45) is 0 Å². The van der Waals surface area contributed by atoms with Gasteiger partial charge in [-0.2, -0.15) is 5.10 Å². The predicted molar refractivity (Wildman–Crippen MR) is 89.4 cm³/mol. The summed E-state index contributed by atoms with van der Waals surface area (Å²) in [4.78, 5) is 0. The molecule has 0 aliphatic heterocycles. The molecule has 1 heterocycles. The Balaban J connectivity index is 1.82. The summed E-state index contributed by atoms with van der Waals surface area (Å²) in [5, 5.41) is 8.24. The number of nitrogens with one attached hydrogen (secondary N) is 1. The topological polar surface area (TPSA) is 28.7 Å². The van der Waals surface area contributed by atoms with Crippen LogP contribution in [0, 0.1) is 6.92 Å². The standard InChI is InChI=1S/C19H20N2/c1-13(2)18-10-14(3)4-7-16(18)8-5-15-6-9-19-17(11-15)12-20-21-19/h4,6-7,9-12H,1,5,8H2,2-3H3,(H,20,21). The number of benzene rings is 2. The zero-order valence-electron chi connectivity index (χ0n) is 12.6. The van der Waals surface area contributed by atoms with E-state index < -0.39 is 0 Å². The van der Waals surface area contributed by atoms with Crippen LogP contribution >= 0.6 is 0 Å². The molecule has 106 valence electrons. The van der Waals surface area contributed by atoms with Crippen molar-refractivity contribution in [1.82, 2.24) is 10.2 Å². The van der Waals surface area contributed by atoms with E-state index in [1.165, 1.54) is 27.6 Å². The number of hydrogen-bond donors (Lipinski definition) is 1. The van der Waals surface area contributed by atoms with Gasteiger partial charge in [0.1, 0.15) is 0 Å². The van der Waals surface area contributed by atoms with Gasteiger partial charge in [-0.3, -0.25) is 5.10 Å². The number of hydrogen-bond acceptors (Lipinski definition) is 1. The third kappa shape index (κ3) is 2.89. The van der Waals surface area contributed by atoms with Crippen molar-refractivity contribution in [2.75, 3.05) is 0 Å². The van der Waals surface area contributed by atoms with Crippen LogP contribution < -0.4 is 0 Å². The summed E-state index contributed by atoms with van der Waals surface area (Å²) in [5.74, 6) is 0. The van der Waals surface area contributed by atoms with Gasteiger partial charge in [0, 0.05) is 5.39 Å². The molecule has 0 aliphatic carbocycles. The van der Waals surface area contributed by atoms with Crippen LogP contribution in [0.3, 0.4) is 0 Å². The molecule has 2 heteroatoms. The van der Waals surface area contributed by atoms with Gasteiger partial charge in [0.15, 0.2) is 0 Å². The van der Waals surface area contributed by atoms with Gasteiger partial charge in [-0.05, 0) is 55.5 Å². The molecule has 1 aromatic heterocycles. The van der Waals surface area contributed by atoms with Crippen LogP contribution in [0.1, 0.15) is 29.2 Å². The van der Waals surface area contributed by atoms with Gasteiger partial charge in [-0.25, -0.2) is 0 Å². The lowest BCUT2D eigenvalue weighted by molar-refractivity contribution is 0.956. The van der Waals surface area contributed by atoms with Gasteiger partial charge in [0.05, 0.1) is 11.7 Å². The Hall–Kier alpha value is -2.35. The smallest absolute Gasteiger partial charge is 0.0650 e. The van der Waals surface area contributed by atoms with Crippen LogP contribution in [0.25, 0.3) is 16.5 Å². The first kappa shape index (κ1) is 13.6. The molecule has 3 aromatic rings. The second kappa shape index (κ2) is 5.57. The molecule has 3 rings (SSSR count). The summed E-state index contributed by atoms with van der Waals surface area (Å²) in [7, 11) is 0. The van der Waals surface area contributed by atoms with E-state index >= 15 is 0 Å². The number of aromatic nitrogens is 2. The van der Waals surface area contributed by atoms with E-state index in [1.807, 2.05) is 6.20 Å². The molecule has 21 heavy (non-hydrogen) atoms. The largest absolute Gasteiger partial charge is 0.278 e. The highest BCUT2D eigenvalue weighted by Crippen LogP contribution is 2.22. The maximum atomic E-state index is 4.10. The normalized spacial score (nSPS) is 11.0. The van der Waals surface area contributed by atoms with E-state index in [0.717, 1.165) is 23.9 Å². The molecule has 0 fully saturated rings. The molecule has 0 unspecified atom stereocenters. The number of fused-ring (bicyclic) bond motifs is 1. The van der Waals surface area contributed by atoms with Gasteiger partial charge in [-0.1, -0.05) is 42.0 Å². The van der Waals surface area contributed by atoms with E-state index in [1.54, 1.807) is 0 Å². The zero-order chi connectivity index (χ0) is 14.8. The van der Waals surface area contributed by atoms with Crippen LogP contribution in [0.4, 0.5) is 0 Å². The Morgan fingerprint density at radius 2 is 2.00 bits per heavy atom. The Morgan fingerprint density at radius 3 is 2.81 bits per heavy atom. The molecule has 1 N–H and O–H groups in total. The van der Waals surface area contributed by atoms with Crippen molar-refractivity contribution in [2.45, 2.75) is 26.7 Å². The minimum atomic E-state index is 1.03. The molecule has 0 spiro atoms. The quantitative estimate of drug-likeness (QED) is 0.735. The first-order valence-corrected chi connectivity index (χ1v) is 7.31. The fourth-order valence-corrected chi connectivity index (χ4v) is 2.73. The van der Waals surface area contributed by atoms with Crippen molar-refractivity contribution >= 4 is 16.5 Å². The van der Waals surface area contributed by atoms with Crippen LogP contribution in [0.2, 0.25) is 0 Å². The Labute approximate surface area is 125 Å². The minimum Gasteiger partial charge on any atom is -0.278 e. The molecule has 0 atom stereocenters. The molecule has 0 amide bonds. The summed E-state index contributed by atoms with van der Waals surface area (Å²) in [6.45, 7) is 8.31. The van der Waals surface area contributed by atoms with Crippen LogP contribution in [-0.2, 0) is 12.8 Å². The van der Waals surface area contributed by atoms with Gasteiger partial charge in [0.25, 0.3) is 0 Å². The maximum absolute atomic E-state index is 4.10. The lowest BCUT2D eigenvalue weighted by Crippen LogP contribution is -1.96. The zero-order valence-corrected chi connectivity index (χ0v) is 12.6. The monoisotopic (exact) mass is 276 g/mol. The summed E-state index contributed by atoms with van der Waals surface area (Å²) in [5.41, 5.74) is 7.53. The van der Waals surface area contributed by atoms with E-state index in [9.17, 15) is 0 Å². The van der Waals surface area contributed by atoms with Crippen LogP contribution in [0.15, 0.2) is 49.2 Å². The summed E-state index contributed by atoms with van der Waals surface area (Å²) in [6, 6.07) is 13.1. The number of rotatable bonds is 4. The van der Waals surface area contributed by atoms with Crippen molar-refractivity contribution in [1.29, 1.82) is 0 Å². The number of nitrogens with zero attached hydrogens (tertiary/aromatic N) is 1. The fourth-order valence-electron chi connectivity index (χ4n) is 2.73. The number of allylic oxidation sites excluding steroid dienone is 1. The Morgan fingerprint density at radius 1 is 1.14 bits per heavy atom. The van der Waals surface area contributed by atoms with E-state index in [2.05, 4.69) is 67.0 Å². The fraction of sp³-hybridized carbons (Fsp3) is 0.211. The Kier molecular flexibility index (Phi) is 3.61. The highest BCUT2D eigenvalue weighted by molar-refractivity contribution is 5.78. The molecule has 0 radical (unpaired) electrons. The summed E-state index contributed by atoms with van der Waals surface area (Å²) >= 11 is 0. The molecule has 0 bridgehead atoms. The first-order chi connectivity index (χ1) is 10.1. The highest BCUT2D eigenvalue weighted by atomic mass is 15.1. The van der Waals surface area contributed by atoms with Crippen LogP contribution in [-0.4, -0.2) is 10.2 Å². The molecular formula is C19H20N2. The van der Waals surface area contributed by atoms with Crippen molar-refractivity contribution in [3.8, 4) is 0 Å². The summed E-state index contributed by atoms with van der Waals surface area (Å²) < 4.78 is 0. The lowest BCUT2D eigenvalue weighted by Gasteiger charge is -2.11. The predicted octanol–water partition coefficient (Wildman–Crippen LogP) is 4.69. The lowest BCUT2D eigenvalue weighted by atomic mass is 9.94.